The monoisotopic (exact) mass is 311 g/mol. The molecule has 0 spiro atoms. The van der Waals surface area contributed by atoms with E-state index in [9.17, 15) is 4.79 Å². The summed E-state index contributed by atoms with van der Waals surface area (Å²) in [5.74, 6) is 0. The third-order valence-electron chi connectivity index (χ3n) is 3.13. The Balaban J connectivity index is 0.000000253. The Morgan fingerprint density at radius 1 is 1.22 bits per heavy atom. The van der Waals surface area contributed by atoms with Crippen molar-refractivity contribution in [2.45, 2.75) is 19.9 Å². The molecule has 4 heteroatoms. The fraction of sp³-hybridized carbons (Fsp3) is 0.263. The Kier molecular flexibility index (Phi) is 9.01. The van der Waals surface area contributed by atoms with Crippen molar-refractivity contribution < 1.29 is 4.79 Å². The third kappa shape index (κ3) is 7.38. The molecule has 4 nitrogen and oxygen atoms in total. The zero-order chi connectivity index (χ0) is 16.9. The second-order valence-electron chi connectivity index (χ2n) is 5.06. The number of carbonyl (C=O) groups excluding carboxylic acids is 1. The fourth-order valence-corrected chi connectivity index (χ4v) is 1.98. The highest BCUT2D eigenvalue weighted by Crippen LogP contribution is 2.18. The summed E-state index contributed by atoms with van der Waals surface area (Å²) in [6.45, 7) is 7.39. The molecule has 2 aromatic rings. The molecule has 0 aliphatic heterocycles. The van der Waals surface area contributed by atoms with E-state index in [1.807, 2.05) is 44.3 Å². The van der Waals surface area contributed by atoms with Gasteiger partial charge in [-0.15, -0.1) is 0 Å². The van der Waals surface area contributed by atoms with Gasteiger partial charge < -0.3 is 15.4 Å². The van der Waals surface area contributed by atoms with Gasteiger partial charge in [-0.05, 0) is 49.4 Å². The standard InChI is InChI=1S/C12H15NO.C7H10N2/c1-3-11-9-10(2)5-6-12(11)13-7-4-8-14;1-8-6-7-2-4-9-5-3-7/h3,5-6,8-9,13H,1,4,7H2,2H3;2-5,8H,6H2,1H3. The number of aryl methyl sites for hydroxylation is 1. The van der Waals surface area contributed by atoms with Crippen molar-refractivity contribution in [1.29, 1.82) is 0 Å². The molecule has 23 heavy (non-hydrogen) atoms. The number of nitrogens with one attached hydrogen (secondary N) is 2. The average Bonchev–Trinajstić information content (AvgIpc) is 2.58. The van der Waals surface area contributed by atoms with Crippen LogP contribution >= 0.6 is 0 Å². The number of hydrogen-bond acceptors (Lipinski definition) is 4. The summed E-state index contributed by atoms with van der Waals surface area (Å²) in [7, 11) is 1.93. The minimum absolute atomic E-state index is 0.532. The Morgan fingerprint density at radius 2 is 1.96 bits per heavy atom. The first-order valence-corrected chi connectivity index (χ1v) is 7.65. The van der Waals surface area contributed by atoms with Crippen molar-refractivity contribution in [3.05, 3.63) is 66.0 Å². The first-order chi connectivity index (χ1) is 11.2. The molecule has 2 rings (SSSR count). The Morgan fingerprint density at radius 3 is 2.57 bits per heavy atom. The largest absolute Gasteiger partial charge is 0.384 e. The topological polar surface area (TPSA) is 54.0 Å². The van der Waals surface area contributed by atoms with Crippen molar-refractivity contribution in [1.82, 2.24) is 10.3 Å². The van der Waals surface area contributed by atoms with Crippen LogP contribution in [0.3, 0.4) is 0 Å². The quantitative estimate of drug-likeness (QED) is 0.607. The van der Waals surface area contributed by atoms with Gasteiger partial charge in [0.25, 0.3) is 0 Å². The second kappa shape index (κ2) is 11.2. The maximum absolute atomic E-state index is 10.1. The van der Waals surface area contributed by atoms with E-state index in [1.54, 1.807) is 12.4 Å². The van der Waals surface area contributed by atoms with Gasteiger partial charge in [0.05, 0.1) is 0 Å². The van der Waals surface area contributed by atoms with Gasteiger partial charge in [-0.2, -0.15) is 0 Å². The minimum atomic E-state index is 0.532. The van der Waals surface area contributed by atoms with Crippen LogP contribution in [0.4, 0.5) is 5.69 Å². The molecule has 0 radical (unpaired) electrons. The number of aromatic nitrogens is 1. The Bertz CT molecular complexity index is 597. The van der Waals surface area contributed by atoms with Gasteiger partial charge in [-0.1, -0.05) is 24.3 Å². The molecule has 0 unspecified atom stereocenters. The predicted octanol–water partition coefficient (Wildman–Crippen LogP) is 3.44. The Hall–Kier alpha value is -2.46. The van der Waals surface area contributed by atoms with E-state index in [-0.39, 0.29) is 0 Å². The number of hydrogen-bond donors (Lipinski definition) is 2. The van der Waals surface area contributed by atoms with E-state index in [4.69, 9.17) is 0 Å². The lowest BCUT2D eigenvalue weighted by Crippen LogP contribution is -2.04. The van der Waals surface area contributed by atoms with Crippen LogP contribution in [0.25, 0.3) is 6.08 Å². The van der Waals surface area contributed by atoms with Crippen molar-refractivity contribution in [2.24, 2.45) is 0 Å². The highest BCUT2D eigenvalue weighted by molar-refractivity contribution is 5.66. The molecule has 122 valence electrons. The zero-order valence-corrected chi connectivity index (χ0v) is 13.9. The predicted molar refractivity (Wildman–Crippen MR) is 97.4 cm³/mol. The molecule has 0 saturated heterocycles. The molecular weight excluding hydrogens is 286 g/mol. The number of carbonyl (C=O) groups is 1. The molecule has 0 aliphatic carbocycles. The summed E-state index contributed by atoms with van der Waals surface area (Å²) in [6.07, 6.45) is 6.86. The van der Waals surface area contributed by atoms with Gasteiger partial charge in [0.1, 0.15) is 6.29 Å². The van der Waals surface area contributed by atoms with Crippen LogP contribution in [0, 0.1) is 6.92 Å². The van der Waals surface area contributed by atoms with Crippen molar-refractivity contribution in [2.75, 3.05) is 18.9 Å². The summed E-state index contributed by atoms with van der Waals surface area (Å²) in [5, 5.41) is 6.25. The highest BCUT2D eigenvalue weighted by Gasteiger charge is 1.97. The molecule has 0 atom stereocenters. The first kappa shape index (κ1) is 18.6. The fourth-order valence-electron chi connectivity index (χ4n) is 1.98. The average molecular weight is 311 g/mol. The van der Waals surface area contributed by atoms with E-state index in [2.05, 4.69) is 28.3 Å². The zero-order valence-electron chi connectivity index (χ0n) is 13.9. The van der Waals surface area contributed by atoms with E-state index >= 15 is 0 Å². The molecule has 0 bridgehead atoms. The van der Waals surface area contributed by atoms with E-state index < -0.39 is 0 Å². The molecule has 1 aromatic carbocycles. The van der Waals surface area contributed by atoms with Gasteiger partial charge in [0.15, 0.2) is 0 Å². The maximum atomic E-state index is 10.1. The lowest BCUT2D eigenvalue weighted by molar-refractivity contribution is -0.107. The molecule has 0 saturated carbocycles. The third-order valence-corrected chi connectivity index (χ3v) is 3.13. The number of anilines is 1. The smallest absolute Gasteiger partial charge is 0.121 e. The number of aldehydes is 1. The number of pyridine rings is 1. The van der Waals surface area contributed by atoms with E-state index in [0.29, 0.717) is 13.0 Å². The highest BCUT2D eigenvalue weighted by atomic mass is 16.1. The van der Waals surface area contributed by atoms with E-state index in [1.165, 1.54) is 11.1 Å². The number of rotatable bonds is 7. The van der Waals surface area contributed by atoms with Crippen LogP contribution in [0.2, 0.25) is 0 Å². The van der Waals surface area contributed by atoms with Crippen LogP contribution < -0.4 is 10.6 Å². The molecule has 1 aromatic heterocycles. The molecule has 0 fully saturated rings. The normalized spacial score (nSPS) is 9.48. The van der Waals surface area contributed by atoms with Gasteiger partial charge in [-0.3, -0.25) is 4.98 Å². The second-order valence-corrected chi connectivity index (χ2v) is 5.06. The summed E-state index contributed by atoms with van der Waals surface area (Å²) < 4.78 is 0. The maximum Gasteiger partial charge on any atom is 0.121 e. The first-order valence-electron chi connectivity index (χ1n) is 7.65. The van der Waals surface area contributed by atoms with Crippen LogP contribution in [0.5, 0.6) is 0 Å². The number of benzene rings is 1. The van der Waals surface area contributed by atoms with Gasteiger partial charge in [-0.25, -0.2) is 0 Å². The minimum Gasteiger partial charge on any atom is -0.384 e. The summed E-state index contributed by atoms with van der Waals surface area (Å²) in [6, 6.07) is 10.1. The lowest BCUT2D eigenvalue weighted by atomic mass is 10.1. The van der Waals surface area contributed by atoms with Crippen molar-refractivity contribution in [3.8, 4) is 0 Å². The molecule has 0 aliphatic rings. The van der Waals surface area contributed by atoms with E-state index in [0.717, 1.165) is 24.1 Å². The van der Waals surface area contributed by atoms with Crippen molar-refractivity contribution in [3.63, 3.8) is 0 Å². The van der Waals surface area contributed by atoms with Crippen LogP contribution in [0.1, 0.15) is 23.1 Å². The Labute approximate surface area is 138 Å². The SMILES string of the molecule is C=Cc1cc(C)ccc1NCCC=O.CNCc1ccncc1. The van der Waals surface area contributed by atoms with Crippen molar-refractivity contribution >= 4 is 18.0 Å². The van der Waals surface area contributed by atoms with Crippen LogP contribution in [-0.4, -0.2) is 24.9 Å². The molecule has 2 N–H and O–H groups in total. The number of nitrogens with zero attached hydrogens (tertiary/aromatic N) is 1. The van der Waals surface area contributed by atoms with Gasteiger partial charge in [0.2, 0.25) is 0 Å². The molecule has 1 heterocycles. The van der Waals surface area contributed by atoms with Crippen LogP contribution in [-0.2, 0) is 11.3 Å². The van der Waals surface area contributed by atoms with Gasteiger partial charge in [0, 0.05) is 37.6 Å². The summed E-state index contributed by atoms with van der Waals surface area (Å²) >= 11 is 0. The summed E-state index contributed by atoms with van der Waals surface area (Å²) in [4.78, 5) is 14.0. The van der Waals surface area contributed by atoms with Crippen LogP contribution in [0.15, 0.2) is 49.3 Å². The molecular formula is C19H25N3O. The molecule has 0 amide bonds. The van der Waals surface area contributed by atoms with Gasteiger partial charge >= 0.3 is 0 Å². The lowest BCUT2D eigenvalue weighted by Gasteiger charge is -2.08. The summed E-state index contributed by atoms with van der Waals surface area (Å²) in [5.41, 5.74) is 4.59.